The molecule has 1 saturated carbocycles. The fourth-order valence-electron chi connectivity index (χ4n) is 3.14. The molecule has 1 aliphatic rings. The van der Waals surface area contributed by atoms with Gasteiger partial charge in [-0.15, -0.1) is 0 Å². The number of rotatable bonds is 8. The molecule has 2 N–H and O–H groups in total. The normalized spacial score (nSPS) is 22.1. The van der Waals surface area contributed by atoms with E-state index in [-0.39, 0.29) is 5.41 Å². The Labute approximate surface area is 119 Å². The standard InChI is InChI=1S/C16H34N2O/c1-6-15(4,11-17-14(2)3)12-18(5)13-16(19)9-7-8-10-16/h14,17,19H,6-13H2,1-5H3. The van der Waals surface area contributed by atoms with Crippen LogP contribution in [0.1, 0.15) is 59.8 Å². The van der Waals surface area contributed by atoms with Gasteiger partial charge in [-0.25, -0.2) is 0 Å². The maximum absolute atomic E-state index is 10.5. The molecular weight excluding hydrogens is 236 g/mol. The summed E-state index contributed by atoms with van der Waals surface area (Å²) in [5.41, 5.74) is -0.136. The minimum atomic E-state index is -0.422. The van der Waals surface area contributed by atoms with Crippen LogP contribution >= 0.6 is 0 Å². The molecule has 0 bridgehead atoms. The summed E-state index contributed by atoms with van der Waals surface area (Å²) in [4.78, 5) is 2.33. The van der Waals surface area contributed by atoms with Crippen molar-refractivity contribution in [3.8, 4) is 0 Å². The molecule has 1 fully saturated rings. The van der Waals surface area contributed by atoms with Gasteiger partial charge in [-0.3, -0.25) is 0 Å². The van der Waals surface area contributed by atoms with Crippen LogP contribution in [0.3, 0.4) is 0 Å². The lowest BCUT2D eigenvalue weighted by Gasteiger charge is -2.37. The molecule has 1 atom stereocenters. The van der Waals surface area contributed by atoms with E-state index in [4.69, 9.17) is 0 Å². The van der Waals surface area contributed by atoms with E-state index in [2.05, 4.69) is 45.0 Å². The third-order valence-electron chi connectivity index (χ3n) is 4.54. The van der Waals surface area contributed by atoms with Gasteiger partial charge in [0.1, 0.15) is 0 Å². The predicted octanol–water partition coefficient (Wildman–Crippen LogP) is 2.64. The highest BCUT2D eigenvalue weighted by molar-refractivity contribution is 4.88. The third-order valence-corrected chi connectivity index (χ3v) is 4.54. The highest BCUT2D eigenvalue weighted by atomic mass is 16.3. The topological polar surface area (TPSA) is 35.5 Å². The summed E-state index contributed by atoms with van der Waals surface area (Å²) in [6.07, 6.45) is 5.49. The van der Waals surface area contributed by atoms with Gasteiger partial charge in [-0.2, -0.15) is 0 Å². The van der Waals surface area contributed by atoms with Crippen molar-refractivity contribution < 1.29 is 5.11 Å². The minimum absolute atomic E-state index is 0.286. The summed E-state index contributed by atoms with van der Waals surface area (Å²) in [7, 11) is 2.15. The third kappa shape index (κ3) is 5.80. The number of nitrogens with one attached hydrogen (secondary N) is 1. The molecule has 0 radical (unpaired) electrons. The quantitative estimate of drug-likeness (QED) is 0.712. The molecule has 0 aromatic carbocycles. The lowest BCUT2D eigenvalue weighted by atomic mass is 9.86. The zero-order chi connectivity index (χ0) is 14.5. The lowest BCUT2D eigenvalue weighted by molar-refractivity contribution is 0.00625. The highest BCUT2D eigenvalue weighted by Gasteiger charge is 2.34. The van der Waals surface area contributed by atoms with Gasteiger partial charge in [0.25, 0.3) is 0 Å². The van der Waals surface area contributed by atoms with E-state index in [9.17, 15) is 5.11 Å². The fraction of sp³-hybridized carbons (Fsp3) is 1.00. The number of nitrogens with zero attached hydrogens (tertiary/aromatic N) is 1. The smallest absolute Gasteiger partial charge is 0.0774 e. The summed E-state index contributed by atoms with van der Waals surface area (Å²) < 4.78 is 0. The van der Waals surface area contributed by atoms with Crippen molar-refractivity contribution >= 4 is 0 Å². The second kappa shape index (κ2) is 7.05. The monoisotopic (exact) mass is 270 g/mol. The van der Waals surface area contributed by atoms with Crippen LogP contribution in [0.4, 0.5) is 0 Å². The van der Waals surface area contributed by atoms with Crippen LogP contribution in [0.2, 0.25) is 0 Å². The van der Waals surface area contributed by atoms with E-state index in [0.717, 1.165) is 38.9 Å². The van der Waals surface area contributed by atoms with E-state index in [1.807, 2.05) is 0 Å². The van der Waals surface area contributed by atoms with Gasteiger partial charge in [0.15, 0.2) is 0 Å². The van der Waals surface area contributed by atoms with Gasteiger partial charge in [-0.05, 0) is 31.7 Å². The maximum atomic E-state index is 10.5. The zero-order valence-electron chi connectivity index (χ0n) is 13.6. The van der Waals surface area contributed by atoms with Crippen molar-refractivity contribution in [3.63, 3.8) is 0 Å². The summed E-state index contributed by atoms with van der Waals surface area (Å²) >= 11 is 0. The Hall–Kier alpha value is -0.120. The van der Waals surface area contributed by atoms with Crippen molar-refractivity contribution in [1.82, 2.24) is 10.2 Å². The molecule has 0 aromatic heterocycles. The summed E-state index contributed by atoms with van der Waals surface area (Å²) in [5, 5.41) is 14.0. The van der Waals surface area contributed by atoms with E-state index in [1.54, 1.807) is 0 Å². The van der Waals surface area contributed by atoms with Crippen LogP contribution in [0.25, 0.3) is 0 Å². The lowest BCUT2D eigenvalue weighted by Crippen LogP contribution is -2.47. The molecule has 19 heavy (non-hydrogen) atoms. The molecule has 1 aliphatic carbocycles. The Morgan fingerprint density at radius 1 is 1.32 bits per heavy atom. The molecule has 0 heterocycles. The van der Waals surface area contributed by atoms with Crippen molar-refractivity contribution in [2.24, 2.45) is 5.41 Å². The summed E-state index contributed by atoms with van der Waals surface area (Å²) in [6.45, 7) is 11.9. The molecule has 0 spiro atoms. The van der Waals surface area contributed by atoms with E-state index in [1.165, 1.54) is 12.8 Å². The SMILES string of the molecule is CCC(C)(CNC(C)C)CN(C)CC1(O)CCCC1. The van der Waals surface area contributed by atoms with Crippen LogP contribution in [-0.4, -0.2) is 48.3 Å². The van der Waals surface area contributed by atoms with E-state index in [0.29, 0.717) is 6.04 Å². The Morgan fingerprint density at radius 2 is 1.89 bits per heavy atom. The summed E-state index contributed by atoms with van der Waals surface area (Å²) in [5.74, 6) is 0. The van der Waals surface area contributed by atoms with Gasteiger partial charge >= 0.3 is 0 Å². The molecule has 1 unspecified atom stereocenters. The number of aliphatic hydroxyl groups is 1. The summed E-state index contributed by atoms with van der Waals surface area (Å²) in [6, 6.07) is 0.537. The second-order valence-corrected chi connectivity index (χ2v) is 7.30. The average Bonchev–Trinajstić information content (AvgIpc) is 2.72. The van der Waals surface area contributed by atoms with Crippen molar-refractivity contribution in [3.05, 3.63) is 0 Å². The molecule has 0 saturated heterocycles. The largest absolute Gasteiger partial charge is 0.389 e. The highest BCUT2D eigenvalue weighted by Crippen LogP contribution is 2.31. The fourth-order valence-corrected chi connectivity index (χ4v) is 3.14. The van der Waals surface area contributed by atoms with Crippen molar-refractivity contribution in [2.75, 3.05) is 26.7 Å². The van der Waals surface area contributed by atoms with Crippen LogP contribution in [0.5, 0.6) is 0 Å². The molecule has 3 nitrogen and oxygen atoms in total. The molecule has 0 aromatic rings. The van der Waals surface area contributed by atoms with Crippen LogP contribution in [0, 0.1) is 5.41 Å². The first-order chi connectivity index (χ1) is 8.79. The first-order valence-corrected chi connectivity index (χ1v) is 7.93. The molecule has 114 valence electrons. The minimum Gasteiger partial charge on any atom is -0.389 e. The van der Waals surface area contributed by atoms with Crippen molar-refractivity contribution in [2.45, 2.75) is 71.4 Å². The Morgan fingerprint density at radius 3 is 2.37 bits per heavy atom. The number of hydrogen-bond donors (Lipinski definition) is 2. The van der Waals surface area contributed by atoms with Crippen molar-refractivity contribution in [1.29, 1.82) is 0 Å². The number of likely N-dealkylation sites (N-methyl/N-ethyl adjacent to an activating group) is 1. The van der Waals surface area contributed by atoms with Crippen LogP contribution < -0.4 is 5.32 Å². The van der Waals surface area contributed by atoms with Crippen LogP contribution in [-0.2, 0) is 0 Å². The first kappa shape index (κ1) is 16.9. The second-order valence-electron chi connectivity index (χ2n) is 7.30. The zero-order valence-corrected chi connectivity index (χ0v) is 13.6. The first-order valence-electron chi connectivity index (χ1n) is 7.93. The molecule has 1 rings (SSSR count). The molecule has 3 heteroatoms. The Kier molecular flexibility index (Phi) is 6.28. The maximum Gasteiger partial charge on any atom is 0.0774 e. The van der Waals surface area contributed by atoms with Gasteiger partial charge in [-0.1, -0.05) is 40.5 Å². The van der Waals surface area contributed by atoms with E-state index >= 15 is 0 Å². The number of hydrogen-bond acceptors (Lipinski definition) is 3. The van der Waals surface area contributed by atoms with Gasteiger partial charge in [0.05, 0.1) is 5.60 Å². The average molecular weight is 270 g/mol. The van der Waals surface area contributed by atoms with Crippen LogP contribution in [0.15, 0.2) is 0 Å². The Bertz CT molecular complexity index is 261. The Balaban J connectivity index is 2.45. The molecule has 0 aliphatic heterocycles. The van der Waals surface area contributed by atoms with Gasteiger partial charge < -0.3 is 15.3 Å². The van der Waals surface area contributed by atoms with Gasteiger partial charge in [0, 0.05) is 25.7 Å². The molecular formula is C16H34N2O. The van der Waals surface area contributed by atoms with Gasteiger partial charge in [0.2, 0.25) is 0 Å². The van der Waals surface area contributed by atoms with E-state index < -0.39 is 5.60 Å². The predicted molar refractivity (Wildman–Crippen MR) is 82.5 cm³/mol. The molecule has 0 amide bonds.